The van der Waals surface area contributed by atoms with Gasteiger partial charge in [-0.3, -0.25) is 10.9 Å². The zero-order valence-electron chi connectivity index (χ0n) is 14.0. The minimum Gasteiger partial charge on any atom is -0.497 e. The minimum atomic E-state index is 0.258. The van der Waals surface area contributed by atoms with Gasteiger partial charge in [0.25, 0.3) is 0 Å². The average Bonchev–Trinajstić information content (AvgIpc) is 3.12. The fraction of sp³-hybridized carbons (Fsp3) is 0.176. The molecule has 1 aliphatic rings. The van der Waals surface area contributed by atoms with E-state index < -0.39 is 0 Å². The van der Waals surface area contributed by atoms with Crippen LogP contribution in [0.5, 0.6) is 17.2 Å². The number of fused-ring (bicyclic) bond motifs is 1. The first-order valence-corrected chi connectivity index (χ1v) is 8.59. The van der Waals surface area contributed by atoms with E-state index in [1.165, 1.54) is 0 Å². The third-order valence-electron chi connectivity index (χ3n) is 3.51. The highest BCUT2D eigenvalue weighted by Gasteiger charge is 2.13. The topological polar surface area (TPSA) is 75.8 Å². The maximum Gasteiger partial charge on any atom is 0.231 e. The van der Waals surface area contributed by atoms with E-state index in [0.29, 0.717) is 16.8 Å². The predicted molar refractivity (Wildman–Crippen MR) is 107 cm³/mol. The summed E-state index contributed by atoms with van der Waals surface area (Å²) in [6.45, 7) is 0.800. The molecule has 2 aromatic carbocycles. The van der Waals surface area contributed by atoms with Crippen molar-refractivity contribution in [1.82, 2.24) is 16.2 Å². The van der Waals surface area contributed by atoms with E-state index in [2.05, 4.69) is 21.5 Å². The highest BCUT2D eigenvalue weighted by molar-refractivity contribution is 7.80. The Morgan fingerprint density at radius 2 is 1.85 bits per heavy atom. The summed E-state index contributed by atoms with van der Waals surface area (Å²) < 4.78 is 15.8. The Kier molecular flexibility index (Phi) is 5.92. The van der Waals surface area contributed by atoms with Crippen LogP contribution in [0.2, 0.25) is 0 Å². The van der Waals surface area contributed by atoms with Crippen molar-refractivity contribution in [3.63, 3.8) is 0 Å². The Morgan fingerprint density at radius 3 is 2.69 bits per heavy atom. The van der Waals surface area contributed by atoms with E-state index in [-0.39, 0.29) is 6.79 Å². The molecule has 9 heteroatoms. The van der Waals surface area contributed by atoms with Crippen molar-refractivity contribution in [2.45, 2.75) is 6.54 Å². The first kappa shape index (κ1) is 18.0. The lowest BCUT2D eigenvalue weighted by molar-refractivity contribution is 0.174. The molecule has 3 rings (SSSR count). The average molecular weight is 390 g/mol. The van der Waals surface area contributed by atoms with Gasteiger partial charge in [-0.2, -0.15) is 0 Å². The molecule has 0 bridgehead atoms. The van der Waals surface area contributed by atoms with Crippen LogP contribution >= 0.6 is 24.4 Å². The van der Waals surface area contributed by atoms with E-state index in [1.54, 1.807) is 7.11 Å². The van der Waals surface area contributed by atoms with Crippen molar-refractivity contribution in [2.75, 3.05) is 19.2 Å². The smallest absolute Gasteiger partial charge is 0.231 e. The number of hydrogen-bond donors (Lipinski definition) is 4. The van der Waals surface area contributed by atoms with Gasteiger partial charge in [-0.05, 0) is 54.3 Å². The molecule has 0 aliphatic carbocycles. The molecule has 0 aromatic heterocycles. The summed E-state index contributed by atoms with van der Waals surface area (Å²) in [7, 11) is 1.61. The minimum absolute atomic E-state index is 0.258. The molecule has 0 amide bonds. The summed E-state index contributed by atoms with van der Waals surface area (Å²) in [5, 5.41) is 6.91. The molecule has 0 unspecified atom stereocenters. The Bertz CT molecular complexity index is 816. The van der Waals surface area contributed by atoms with Crippen LogP contribution in [0.15, 0.2) is 42.5 Å². The fourth-order valence-corrected chi connectivity index (χ4v) is 2.55. The van der Waals surface area contributed by atoms with Gasteiger partial charge in [-0.1, -0.05) is 12.1 Å². The number of benzene rings is 2. The summed E-state index contributed by atoms with van der Waals surface area (Å²) in [5.74, 6) is 2.24. The number of methoxy groups -OCH3 is 1. The number of ether oxygens (including phenoxy) is 3. The van der Waals surface area contributed by atoms with Crippen LogP contribution in [0, 0.1) is 0 Å². The number of thiocarbonyl (C=S) groups is 2. The molecule has 0 saturated carbocycles. The quantitative estimate of drug-likeness (QED) is 0.465. The first-order valence-electron chi connectivity index (χ1n) is 7.77. The Hall–Kier alpha value is -2.78. The molecule has 2 aromatic rings. The molecule has 0 radical (unpaired) electrons. The van der Waals surface area contributed by atoms with Crippen molar-refractivity contribution < 1.29 is 14.2 Å². The molecule has 1 aliphatic heterocycles. The standard InChI is InChI=1S/C17H18N4O3S2/c1-22-13-4-2-3-12(8-13)19-17(26)21-20-16(25)18-9-11-5-6-14-15(7-11)24-10-23-14/h2-8H,9-10H2,1H3,(H2,18,20,25)(H2,19,21,26). The zero-order chi connectivity index (χ0) is 18.4. The largest absolute Gasteiger partial charge is 0.497 e. The molecule has 4 N–H and O–H groups in total. The summed E-state index contributed by atoms with van der Waals surface area (Å²) >= 11 is 10.4. The second kappa shape index (κ2) is 8.54. The van der Waals surface area contributed by atoms with Crippen molar-refractivity contribution >= 4 is 40.3 Å². The van der Waals surface area contributed by atoms with Gasteiger partial charge >= 0.3 is 0 Å². The lowest BCUT2D eigenvalue weighted by Gasteiger charge is -2.14. The van der Waals surface area contributed by atoms with Gasteiger partial charge < -0.3 is 24.8 Å². The maximum atomic E-state index is 5.35. The van der Waals surface area contributed by atoms with Crippen molar-refractivity contribution in [2.24, 2.45) is 0 Å². The van der Waals surface area contributed by atoms with Crippen LogP contribution < -0.4 is 35.7 Å². The summed E-state index contributed by atoms with van der Waals surface area (Å²) in [6.07, 6.45) is 0. The van der Waals surface area contributed by atoms with Crippen LogP contribution in [-0.2, 0) is 6.54 Å². The monoisotopic (exact) mass is 390 g/mol. The van der Waals surface area contributed by atoms with E-state index in [9.17, 15) is 0 Å². The number of hydrazine groups is 1. The second-order valence-electron chi connectivity index (χ2n) is 5.31. The summed E-state index contributed by atoms with van der Waals surface area (Å²) in [6, 6.07) is 13.2. The summed E-state index contributed by atoms with van der Waals surface area (Å²) in [5.41, 5.74) is 7.49. The molecule has 0 spiro atoms. The third kappa shape index (κ3) is 4.87. The summed E-state index contributed by atoms with van der Waals surface area (Å²) in [4.78, 5) is 0. The number of anilines is 1. The van der Waals surface area contributed by atoms with Crippen LogP contribution in [-0.4, -0.2) is 24.1 Å². The molecular formula is C17H18N4O3S2. The Morgan fingerprint density at radius 1 is 1.04 bits per heavy atom. The van der Waals surface area contributed by atoms with E-state index in [0.717, 1.165) is 28.5 Å². The predicted octanol–water partition coefficient (Wildman–Crippen LogP) is 2.29. The van der Waals surface area contributed by atoms with Crippen LogP contribution in [0.3, 0.4) is 0 Å². The Labute approximate surface area is 162 Å². The van der Waals surface area contributed by atoms with Crippen LogP contribution in [0.4, 0.5) is 5.69 Å². The molecule has 0 fully saturated rings. The molecule has 136 valence electrons. The lowest BCUT2D eigenvalue weighted by Crippen LogP contribution is -2.47. The SMILES string of the molecule is COc1cccc(NC(=S)NNC(=S)NCc2ccc3c(c2)OCO3)c1. The first-order chi connectivity index (χ1) is 12.6. The van der Waals surface area contributed by atoms with E-state index >= 15 is 0 Å². The Balaban J connectivity index is 1.41. The molecule has 0 saturated heterocycles. The molecule has 7 nitrogen and oxygen atoms in total. The molecule has 26 heavy (non-hydrogen) atoms. The van der Waals surface area contributed by atoms with Gasteiger partial charge in [0.1, 0.15) is 5.75 Å². The number of rotatable bonds is 4. The van der Waals surface area contributed by atoms with Gasteiger partial charge in [-0.25, -0.2) is 0 Å². The van der Waals surface area contributed by atoms with Crippen molar-refractivity contribution in [3.05, 3.63) is 48.0 Å². The van der Waals surface area contributed by atoms with Gasteiger partial charge in [0.2, 0.25) is 6.79 Å². The lowest BCUT2D eigenvalue weighted by atomic mass is 10.2. The molecular weight excluding hydrogens is 372 g/mol. The molecule has 1 heterocycles. The maximum absolute atomic E-state index is 5.35. The second-order valence-corrected chi connectivity index (χ2v) is 6.12. The van der Waals surface area contributed by atoms with Gasteiger partial charge in [0, 0.05) is 18.3 Å². The fourth-order valence-electron chi connectivity index (χ4n) is 2.25. The van der Waals surface area contributed by atoms with Gasteiger partial charge in [0.15, 0.2) is 21.7 Å². The van der Waals surface area contributed by atoms with Crippen LogP contribution in [0.1, 0.15) is 5.56 Å². The van der Waals surface area contributed by atoms with Crippen molar-refractivity contribution in [3.8, 4) is 17.2 Å². The zero-order valence-corrected chi connectivity index (χ0v) is 15.6. The number of nitrogens with one attached hydrogen (secondary N) is 4. The van der Waals surface area contributed by atoms with Crippen LogP contribution in [0.25, 0.3) is 0 Å². The van der Waals surface area contributed by atoms with E-state index in [4.69, 9.17) is 38.6 Å². The highest BCUT2D eigenvalue weighted by Crippen LogP contribution is 2.32. The third-order valence-corrected chi connectivity index (χ3v) is 3.96. The van der Waals surface area contributed by atoms with Crippen molar-refractivity contribution in [1.29, 1.82) is 0 Å². The molecule has 0 atom stereocenters. The normalized spacial score (nSPS) is 11.4. The van der Waals surface area contributed by atoms with Gasteiger partial charge in [0.05, 0.1) is 7.11 Å². The van der Waals surface area contributed by atoms with Gasteiger partial charge in [-0.15, -0.1) is 0 Å². The van der Waals surface area contributed by atoms with E-state index in [1.807, 2.05) is 42.5 Å². The number of hydrogen-bond acceptors (Lipinski definition) is 5. The highest BCUT2D eigenvalue weighted by atomic mass is 32.1.